The maximum absolute atomic E-state index is 4.35. The average Bonchev–Trinajstić information content (AvgIpc) is 3.15. The molecule has 0 spiro atoms. The van der Waals surface area contributed by atoms with Crippen LogP contribution < -0.4 is 5.32 Å². The largest absolute Gasteiger partial charge is 0.370 e. The molecule has 3 rings (SSSR count). The van der Waals surface area contributed by atoms with Crippen LogP contribution in [0.3, 0.4) is 0 Å². The third-order valence-corrected chi connectivity index (χ3v) is 4.06. The molecule has 5 heteroatoms. The van der Waals surface area contributed by atoms with E-state index in [1.807, 2.05) is 35.4 Å². The second-order valence-corrected chi connectivity index (χ2v) is 5.82. The van der Waals surface area contributed by atoms with E-state index in [1.54, 1.807) is 0 Å². The van der Waals surface area contributed by atoms with Crippen LogP contribution in [0.15, 0.2) is 36.8 Å². The van der Waals surface area contributed by atoms with Crippen LogP contribution >= 0.6 is 0 Å². The quantitative estimate of drug-likeness (QED) is 0.882. The van der Waals surface area contributed by atoms with Crippen LogP contribution in [0.5, 0.6) is 0 Å². The highest BCUT2D eigenvalue weighted by Crippen LogP contribution is 2.17. The van der Waals surface area contributed by atoms with Gasteiger partial charge in [0.2, 0.25) is 0 Å². The molecule has 21 heavy (non-hydrogen) atoms. The van der Waals surface area contributed by atoms with Crippen LogP contribution in [0, 0.1) is 12.8 Å². The molecule has 0 aromatic carbocycles. The van der Waals surface area contributed by atoms with Gasteiger partial charge in [0.25, 0.3) is 0 Å². The number of rotatable bonds is 6. The van der Waals surface area contributed by atoms with Crippen LogP contribution in [0.4, 0.5) is 5.82 Å². The van der Waals surface area contributed by atoms with Gasteiger partial charge in [0.1, 0.15) is 5.82 Å². The summed E-state index contributed by atoms with van der Waals surface area (Å²) < 4.78 is 2.00. The molecule has 1 fully saturated rings. The lowest BCUT2D eigenvalue weighted by Crippen LogP contribution is -2.26. The number of hydrogen-bond donors (Lipinski definition) is 1. The Labute approximate surface area is 126 Å². The Hall–Kier alpha value is -1.88. The van der Waals surface area contributed by atoms with E-state index >= 15 is 0 Å². The maximum Gasteiger partial charge on any atom is 0.126 e. The van der Waals surface area contributed by atoms with Crippen molar-refractivity contribution in [2.24, 2.45) is 5.92 Å². The van der Waals surface area contributed by atoms with Gasteiger partial charge >= 0.3 is 0 Å². The standard InChI is InChI=1S/C16H23N5/c1-14-3-6-17-16(11-14)18-12-15-4-8-20(13-15)9-10-21-7-2-5-19-21/h2-3,5-7,11,15H,4,8-10,12-13H2,1H3,(H,17,18)/t15-/m0/s1. The van der Waals surface area contributed by atoms with Crippen molar-refractivity contribution in [2.45, 2.75) is 19.9 Å². The second-order valence-electron chi connectivity index (χ2n) is 5.82. The molecular weight excluding hydrogens is 262 g/mol. The first-order valence-corrected chi connectivity index (χ1v) is 7.66. The van der Waals surface area contributed by atoms with Gasteiger partial charge in [-0.1, -0.05) is 0 Å². The molecular formula is C16H23N5. The van der Waals surface area contributed by atoms with Crippen molar-refractivity contribution in [3.05, 3.63) is 42.4 Å². The van der Waals surface area contributed by atoms with E-state index in [-0.39, 0.29) is 0 Å². The number of anilines is 1. The summed E-state index contributed by atoms with van der Waals surface area (Å²) in [6.07, 6.45) is 6.99. The Balaban J connectivity index is 1.40. The van der Waals surface area contributed by atoms with E-state index < -0.39 is 0 Å². The Morgan fingerprint density at radius 1 is 1.33 bits per heavy atom. The Kier molecular flexibility index (Phi) is 4.50. The van der Waals surface area contributed by atoms with E-state index in [9.17, 15) is 0 Å². The zero-order valence-electron chi connectivity index (χ0n) is 12.6. The van der Waals surface area contributed by atoms with Gasteiger partial charge in [0, 0.05) is 38.2 Å². The summed E-state index contributed by atoms with van der Waals surface area (Å²) in [6, 6.07) is 6.10. The Morgan fingerprint density at radius 3 is 3.10 bits per heavy atom. The van der Waals surface area contributed by atoms with Gasteiger partial charge in [-0.15, -0.1) is 0 Å². The molecule has 3 heterocycles. The highest BCUT2D eigenvalue weighted by atomic mass is 15.3. The normalized spacial score (nSPS) is 19.0. The minimum Gasteiger partial charge on any atom is -0.370 e. The zero-order valence-corrected chi connectivity index (χ0v) is 12.6. The predicted molar refractivity (Wildman–Crippen MR) is 84.2 cm³/mol. The van der Waals surface area contributed by atoms with Gasteiger partial charge in [-0.25, -0.2) is 4.98 Å². The number of pyridine rings is 1. The highest BCUT2D eigenvalue weighted by molar-refractivity contribution is 5.36. The summed E-state index contributed by atoms with van der Waals surface area (Å²) in [5, 5.41) is 7.71. The molecule has 5 nitrogen and oxygen atoms in total. The van der Waals surface area contributed by atoms with Crippen molar-refractivity contribution >= 4 is 5.82 Å². The fourth-order valence-electron chi connectivity index (χ4n) is 2.84. The van der Waals surface area contributed by atoms with Crippen LogP contribution in [-0.4, -0.2) is 45.8 Å². The lowest BCUT2D eigenvalue weighted by atomic mass is 10.1. The van der Waals surface area contributed by atoms with Gasteiger partial charge < -0.3 is 10.2 Å². The average molecular weight is 285 g/mol. The van der Waals surface area contributed by atoms with Crippen LogP contribution in [0.25, 0.3) is 0 Å². The lowest BCUT2D eigenvalue weighted by Gasteiger charge is -2.16. The van der Waals surface area contributed by atoms with Crippen LogP contribution in [0.1, 0.15) is 12.0 Å². The molecule has 0 bridgehead atoms. The highest BCUT2D eigenvalue weighted by Gasteiger charge is 2.21. The number of likely N-dealkylation sites (tertiary alicyclic amines) is 1. The molecule has 2 aromatic rings. The molecule has 1 N–H and O–H groups in total. The second kappa shape index (κ2) is 6.72. The van der Waals surface area contributed by atoms with Crippen molar-refractivity contribution in [3.8, 4) is 0 Å². The Bertz CT molecular complexity index is 552. The number of nitrogens with one attached hydrogen (secondary N) is 1. The number of aryl methyl sites for hydroxylation is 1. The number of hydrogen-bond acceptors (Lipinski definition) is 4. The van der Waals surface area contributed by atoms with Crippen molar-refractivity contribution < 1.29 is 0 Å². The molecule has 1 saturated heterocycles. The molecule has 1 aliphatic rings. The fraction of sp³-hybridized carbons (Fsp3) is 0.500. The van der Waals surface area contributed by atoms with Gasteiger partial charge in [-0.3, -0.25) is 4.68 Å². The van der Waals surface area contributed by atoms with E-state index in [0.717, 1.165) is 25.5 Å². The maximum atomic E-state index is 4.35. The van der Waals surface area contributed by atoms with Crippen molar-refractivity contribution in [3.63, 3.8) is 0 Å². The SMILES string of the molecule is Cc1ccnc(NC[C@@H]2CCN(CCn3cccn3)C2)c1. The van der Waals surface area contributed by atoms with Crippen molar-refractivity contribution in [1.82, 2.24) is 19.7 Å². The molecule has 112 valence electrons. The molecule has 2 aromatic heterocycles. The first-order chi connectivity index (χ1) is 10.3. The summed E-state index contributed by atoms with van der Waals surface area (Å²) in [5.74, 6) is 1.70. The molecule has 0 aliphatic carbocycles. The minimum atomic E-state index is 0.713. The van der Waals surface area contributed by atoms with E-state index in [1.165, 1.54) is 25.1 Å². The third kappa shape index (κ3) is 4.04. The predicted octanol–water partition coefficient (Wildman–Crippen LogP) is 2.02. The summed E-state index contributed by atoms with van der Waals surface area (Å²) in [6.45, 7) is 7.52. The van der Waals surface area contributed by atoms with E-state index in [2.05, 4.69) is 33.3 Å². The van der Waals surface area contributed by atoms with E-state index in [0.29, 0.717) is 5.92 Å². The van der Waals surface area contributed by atoms with Gasteiger partial charge in [0.05, 0.1) is 6.54 Å². The molecule has 0 saturated carbocycles. The van der Waals surface area contributed by atoms with Gasteiger partial charge in [0.15, 0.2) is 0 Å². The summed E-state index contributed by atoms with van der Waals surface area (Å²) >= 11 is 0. The van der Waals surface area contributed by atoms with E-state index in [4.69, 9.17) is 0 Å². The number of aromatic nitrogens is 3. The third-order valence-electron chi connectivity index (χ3n) is 4.06. The topological polar surface area (TPSA) is 46.0 Å². The monoisotopic (exact) mass is 285 g/mol. The molecule has 1 aliphatic heterocycles. The molecule has 0 unspecified atom stereocenters. The summed E-state index contributed by atoms with van der Waals surface area (Å²) in [5.41, 5.74) is 1.25. The molecule has 0 amide bonds. The summed E-state index contributed by atoms with van der Waals surface area (Å²) in [4.78, 5) is 6.88. The number of nitrogens with zero attached hydrogens (tertiary/aromatic N) is 4. The first kappa shape index (κ1) is 14.1. The lowest BCUT2D eigenvalue weighted by molar-refractivity contribution is 0.305. The molecule has 0 radical (unpaired) electrons. The van der Waals surface area contributed by atoms with Crippen LogP contribution in [-0.2, 0) is 6.54 Å². The van der Waals surface area contributed by atoms with Crippen molar-refractivity contribution in [1.29, 1.82) is 0 Å². The Morgan fingerprint density at radius 2 is 2.29 bits per heavy atom. The van der Waals surface area contributed by atoms with Gasteiger partial charge in [-0.2, -0.15) is 5.10 Å². The zero-order chi connectivity index (χ0) is 14.5. The molecule has 1 atom stereocenters. The smallest absolute Gasteiger partial charge is 0.126 e. The van der Waals surface area contributed by atoms with Crippen LogP contribution in [0.2, 0.25) is 0 Å². The minimum absolute atomic E-state index is 0.713. The summed E-state index contributed by atoms with van der Waals surface area (Å²) in [7, 11) is 0. The van der Waals surface area contributed by atoms with Crippen molar-refractivity contribution in [2.75, 3.05) is 31.5 Å². The fourth-order valence-corrected chi connectivity index (χ4v) is 2.84. The first-order valence-electron chi connectivity index (χ1n) is 7.66. The van der Waals surface area contributed by atoms with Gasteiger partial charge in [-0.05, 0) is 49.6 Å².